The van der Waals surface area contributed by atoms with Crippen molar-refractivity contribution in [3.63, 3.8) is 0 Å². The molecule has 94 valence electrons. The van der Waals surface area contributed by atoms with Gasteiger partial charge in [-0.2, -0.15) is 5.10 Å². The number of hydrogen-bond donors (Lipinski definition) is 1. The highest BCUT2D eigenvalue weighted by Gasteiger charge is 2.51. The van der Waals surface area contributed by atoms with Gasteiger partial charge in [0.15, 0.2) is 0 Å². The molecule has 1 aliphatic rings. The fraction of sp³-hybridized carbons (Fsp3) is 0.667. The number of nitrogens with zero attached hydrogens (tertiary/aromatic N) is 2. The van der Waals surface area contributed by atoms with Crippen molar-refractivity contribution >= 4 is 5.97 Å². The third-order valence-electron chi connectivity index (χ3n) is 3.46. The summed E-state index contributed by atoms with van der Waals surface area (Å²) in [4.78, 5) is 12.0. The highest BCUT2D eigenvalue weighted by atomic mass is 16.5. The number of aromatic nitrogens is 2. The van der Waals surface area contributed by atoms with E-state index < -0.39 is 5.54 Å². The molecule has 0 aromatic carbocycles. The molecule has 1 aromatic heterocycles. The zero-order valence-corrected chi connectivity index (χ0v) is 10.6. The Balaban J connectivity index is 2.23. The molecule has 1 aliphatic carbocycles. The van der Waals surface area contributed by atoms with Crippen LogP contribution in [0.3, 0.4) is 0 Å². The topological polar surface area (TPSA) is 56.2 Å². The van der Waals surface area contributed by atoms with Crippen LogP contribution in [-0.2, 0) is 16.1 Å². The number of nitrogens with one attached hydrogen (secondary N) is 1. The Bertz CT molecular complexity index is 412. The molecule has 1 fully saturated rings. The summed E-state index contributed by atoms with van der Waals surface area (Å²) < 4.78 is 6.75. The first-order valence-electron chi connectivity index (χ1n) is 5.90. The van der Waals surface area contributed by atoms with Gasteiger partial charge in [-0.1, -0.05) is 0 Å². The van der Waals surface area contributed by atoms with Crippen LogP contribution in [0.5, 0.6) is 0 Å². The fourth-order valence-corrected chi connectivity index (χ4v) is 2.31. The van der Waals surface area contributed by atoms with Crippen molar-refractivity contribution in [2.24, 2.45) is 5.92 Å². The summed E-state index contributed by atoms with van der Waals surface area (Å²) >= 11 is 0. The summed E-state index contributed by atoms with van der Waals surface area (Å²) in [6.07, 6.45) is 4.03. The van der Waals surface area contributed by atoms with Crippen LogP contribution >= 0.6 is 0 Å². The lowest BCUT2D eigenvalue weighted by Crippen LogP contribution is -2.56. The van der Waals surface area contributed by atoms with Crippen LogP contribution in [0.25, 0.3) is 0 Å². The van der Waals surface area contributed by atoms with Crippen molar-refractivity contribution in [2.75, 3.05) is 14.2 Å². The highest BCUT2D eigenvalue weighted by Crippen LogP contribution is 2.41. The molecule has 0 bridgehead atoms. The average molecular weight is 237 g/mol. The maximum atomic E-state index is 12.0. The molecular formula is C12H19N3O2. The van der Waals surface area contributed by atoms with Gasteiger partial charge in [-0.15, -0.1) is 0 Å². The lowest BCUT2D eigenvalue weighted by atomic mass is 9.93. The monoisotopic (exact) mass is 237 g/mol. The van der Waals surface area contributed by atoms with Crippen molar-refractivity contribution in [2.45, 2.75) is 31.8 Å². The third kappa shape index (κ3) is 2.20. The zero-order chi connectivity index (χ0) is 12.5. The first-order chi connectivity index (χ1) is 8.12. The molecule has 5 heteroatoms. The molecule has 1 aromatic rings. The van der Waals surface area contributed by atoms with Crippen molar-refractivity contribution in [3.8, 4) is 0 Å². The maximum absolute atomic E-state index is 12.0. The molecule has 0 aliphatic heterocycles. The SMILES string of the molecule is CNC(Cn1ccc(C)n1)(C(=O)OC)C1CC1. The van der Waals surface area contributed by atoms with Crippen LogP contribution in [0, 0.1) is 12.8 Å². The van der Waals surface area contributed by atoms with Gasteiger partial charge in [-0.3, -0.25) is 4.68 Å². The van der Waals surface area contributed by atoms with E-state index in [9.17, 15) is 4.79 Å². The first-order valence-corrected chi connectivity index (χ1v) is 5.90. The summed E-state index contributed by atoms with van der Waals surface area (Å²) in [5, 5.41) is 7.49. The minimum atomic E-state index is -0.632. The van der Waals surface area contributed by atoms with Gasteiger partial charge in [-0.05, 0) is 38.8 Å². The molecule has 1 heterocycles. The molecule has 0 radical (unpaired) electrons. The Morgan fingerprint density at radius 3 is 2.82 bits per heavy atom. The normalized spacial score (nSPS) is 18.8. The summed E-state index contributed by atoms with van der Waals surface area (Å²) in [6.45, 7) is 2.46. The van der Waals surface area contributed by atoms with Gasteiger partial charge in [0, 0.05) is 6.20 Å². The number of ether oxygens (including phenoxy) is 1. The van der Waals surface area contributed by atoms with Gasteiger partial charge in [0.05, 0.1) is 19.3 Å². The van der Waals surface area contributed by atoms with Gasteiger partial charge in [0.25, 0.3) is 0 Å². The minimum Gasteiger partial charge on any atom is -0.468 e. The molecular weight excluding hydrogens is 218 g/mol. The van der Waals surface area contributed by atoms with Crippen LogP contribution in [0.15, 0.2) is 12.3 Å². The molecule has 0 spiro atoms. The van der Waals surface area contributed by atoms with Crippen LogP contribution in [0.4, 0.5) is 0 Å². The van der Waals surface area contributed by atoms with Crippen LogP contribution < -0.4 is 5.32 Å². The fourth-order valence-electron chi connectivity index (χ4n) is 2.31. The van der Waals surface area contributed by atoms with E-state index in [4.69, 9.17) is 4.74 Å². The Hall–Kier alpha value is -1.36. The number of esters is 1. The third-order valence-corrected chi connectivity index (χ3v) is 3.46. The van der Waals surface area contributed by atoms with Crippen LogP contribution in [0.1, 0.15) is 18.5 Å². The second-order valence-electron chi connectivity index (χ2n) is 4.64. The lowest BCUT2D eigenvalue weighted by Gasteiger charge is -2.30. The van der Waals surface area contributed by atoms with E-state index >= 15 is 0 Å². The van der Waals surface area contributed by atoms with E-state index in [0.29, 0.717) is 12.5 Å². The molecule has 2 rings (SSSR count). The van der Waals surface area contributed by atoms with Gasteiger partial charge in [-0.25, -0.2) is 4.79 Å². The van der Waals surface area contributed by atoms with Gasteiger partial charge >= 0.3 is 5.97 Å². The molecule has 0 amide bonds. The van der Waals surface area contributed by atoms with Crippen LogP contribution in [-0.4, -0.2) is 35.4 Å². The largest absolute Gasteiger partial charge is 0.468 e. The summed E-state index contributed by atoms with van der Waals surface area (Å²) in [5.41, 5.74) is 0.323. The van der Waals surface area contributed by atoms with Gasteiger partial charge in [0.1, 0.15) is 5.54 Å². The van der Waals surface area contributed by atoms with E-state index in [1.54, 1.807) is 4.68 Å². The second kappa shape index (κ2) is 4.49. The van der Waals surface area contributed by atoms with Crippen molar-refractivity contribution in [1.29, 1.82) is 0 Å². The predicted molar refractivity (Wildman–Crippen MR) is 63.5 cm³/mol. The standard InChI is InChI=1S/C12H19N3O2/c1-9-6-7-15(14-9)8-12(13-2,10-4-5-10)11(16)17-3/h6-7,10,13H,4-5,8H2,1-3H3. The van der Waals surface area contributed by atoms with Gasteiger partial charge in [0.2, 0.25) is 0 Å². The molecule has 17 heavy (non-hydrogen) atoms. The van der Waals surface area contributed by atoms with E-state index in [0.717, 1.165) is 18.5 Å². The number of methoxy groups -OCH3 is 1. The summed E-state index contributed by atoms with van der Waals surface area (Å²) in [7, 11) is 3.25. The summed E-state index contributed by atoms with van der Waals surface area (Å²) in [5.74, 6) is 0.153. The first kappa shape index (κ1) is 12.1. The van der Waals surface area contributed by atoms with E-state index in [-0.39, 0.29) is 5.97 Å². The predicted octanol–water partition coefficient (Wildman–Crippen LogP) is 0.733. The Morgan fingerprint density at radius 2 is 2.41 bits per heavy atom. The number of aryl methyl sites for hydroxylation is 1. The quantitative estimate of drug-likeness (QED) is 0.767. The summed E-state index contributed by atoms with van der Waals surface area (Å²) in [6, 6.07) is 1.94. The lowest BCUT2D eigenvalue weighted by molar-refractivity contribution is -0.150. The molecule has 0 saturated heterocycles. The maximum Gasteiger partial charge on any atom is 0.328 e. The van der Waals surface area contributed by atoms with E-state index in [2.05, 4.69) is 10.4 Å². The van der Waals surface area contributed by atoms with Crippen molar-refractivity contribution < 1.29 is 9.53 Å². The van der Waals surface area contributed by atoms with Crippen molar-refractivity contribution in [1.82, 2.24) is 15.1 Å². The Labute approximate surface area is 101 Å². The smallest absolute Gasteiger partial charge is 0.328 e. The Morgan fingerprint density at radius 1 is 1.71 bits per heavy atom. The minimum absolute atomic E-state index is 0.198. The number of carbonyl (C=O) groups excluding carboxylic acids is 1. The van der Waals surface area contributed by atoms with Crippen molar-refractivity contribution in [3.05, 3.63) is 18.0 Å². The Kier molecular flexibility index (Phi) is 3.19. The molecule has 5 nitrogen and oxygen atoms in total. The number of rotatable bonds is 5. The second-order valence-corrected chi connectivity index (χ2v) is 4.64. The van der Waals surface area contributed by atoms with E-state index in [1.807, 2.05) is 26.2 Å². The molecule has 1 N–H and O–H groups in total. The van der Waals surface area contributed by atoms with E-state index in [1.165, 1.54) is 7.11 Å². The van der Waals surface area contributed by atoms with Crippen LogP contribution in [0.2, 0.25) is 0 Å². The highest BCUT2D eigenvalue weighted by molar-refractivity contribution is 5.81. The number of likely N-dealkylation sites (N-methyl/N-ethyl adjacent to an activating group) is 1. The average Bonchev–Trinajstić information content (AvgIpc) is 3.10. The number of carbonyl (C=O) groups is 1. The van der Waals surface area contributed by atoms with Gasteiger partial charge < -0.3 is 10.1 Å². The molecule has 1 saturated carbocycles. The molecule has 1 unspecified atom stereocenters. The molecule has 1 atom stereocenters. The number of hydrogen-bond acceptors (Lipinski definition) is 4. The zero-order valence-electron chi connectivity index (χ0n) is 10.6.